The number of pyridine rings is 1. The van der Waals surface area contributed by atoms with Crippen LogP contribution in [-0.4, -0.2) is 24.5 Å². The lowest BCUT2D eigenvalue weighted by atomic mass is 10.1. The van der Waals surface area contributed by atoms with Crippen molar-refractivity contribution in [1.82, 2.24) is 10.3 Å². The van der Waals surface area contributed by atoms with Gasteiger partial charge in [0.1, 0.15) is 5.75 Å². The summed E-state index contributed by atoms with van der Waals surface area (Å²) in [6.45, 7) is 1.17. The van der Waals surface area contributed by atoms with Crippen LogP contribution in [0.15, 0.2) is 73.1 Å². The van der Waals surface area contributed by atoms with Crippen LogP contribution in [0.4, 0.5) is 5.69 Å². The van der Waals surface area contributed by atoms with Gasteiger partial charge in [0.15, 0.2) is 0 Å². The quantitative estimate of drug-likeness (QED) is 0.642. The Balaban J connectivity index is 1.55. The van der Waals surface area contributed by atoms with Crippen molar-refractivity contribution in [3.63, 3.8) is 0 Å². The van der Waals surface area contributed by atoms with Crippen LogP contribution >= 0.6 is 0 Å². The highest BCUT2D eigenvalue weighted by Gasteiger charge is 2.09. The fourth-order valence-corrected chi connectivity index (χ4v) is 2.78. The SMILES string of the molecule is COc1ccccc1CNC(=O)c1cncc(NCCc2ccccc2)c1. The Kier molecular flexibility index (Phi) is 6.41. The van der Waals surface area contributed by atoms with Crippen LogP contribution in [0.1, 0.15) is 21.5 Å². The van der Waals surface area contributed by atoms with E-state index in [2.05, 4.69) is 27.8 Å². The van der Waals surface area contributed by atoms with Gasteiger partial charge in [-0.2, -0.15) is 0 Å². The predicted octanol–water partition coefficient (Wildman–Crippen LogP) is 3.67. The third kappa shape index (κ3) is 5.31. The zero-order chi connectivity index (χ0) is 18.9. The number of para-hydroxylation sites is 1. The van der Waals surface area contributed by atoms with E-state index >= 15 is 0 Å². The highest BCUT2D eigenvalue weighted by molar-refractivity contribution is 5.94. The molecular weight excluding hydrogens is 338 g/mol. The molecule has 1 amide bonds. The van der Waals surface area contributed by atoms with Crippen LogP contribution in [0.3, 0.4) is 0 Å². The topological polar surface area (TPSA) is 63.2 Å². The van der Waals surface area contributed by atoms with Gasteiger partial charge in [-0.3, -0.25) is 9.78 Å². The molecule has 0 aliphatic heterocycles. The minimum Gasteiger partial charge on any atom is -0.496 e. The van der Waals surface area contributed by atoms with E-state index in [1.807, 2.05) is 48.5 Å². The summed E-state index contributed by atoms with van der Waals surface area (Å²) in [4.78, 5) is 16.6. The average Bonchev–Trinajstić information content (AvgIpc) is 2.73. The van der Waals surface area contributed by atoms with Crippen molar-refractivity contribution in [1.29, 1.82) is 0 Å². The molecule has 5 nitrogen and oxygen atoms in total. The number of carbonyl (C=O) groups is 1. The summed E-state index contributed by atoms with van der Waals surface area (Å²) in [5.74, 6) is 0.590. The maximum atomic E-state index is 12.4. The molecule has 0 spiro atoms. The third-order valence-corrected chi connectivity index (χ3v) is 4.22. The normalized spacial score (nSPS) is 10.3. The molecule has 0 bridgehead atoms. The number of nitrogens with one attached hydrogen (secondary N) is 2. The number of hydrogen-bond donors (Lipinski definition) is 2. The van der Waals surface area contributed by atoms with Gasteiger partial charge in [0.2, 0.25) is 0 Å². The van der Waals surface area contributed by atoms with Crippen molar-refractivity contribution >= 4 is 11.6 Å². The molecule has 0 atom stereocenters. The van der Waals surface area contributed by atoms with Crippen LogP contribution in [0.25, 0.3) is 0 Å². The molecule has 0 fully saturated rings. The Morgan fingerprint density at radius 1 is 1.04 bits per heavy atom. The number of rotatable bonds is 8. The van der Waals surface area contributed by atoms with Crippen LogP contribution in [0.2, 0.25) is 0 Å². The third-order valence-electron chi connectivity index (χ3n) is 4.22. The Hall–Kier alpha value is -3.34. The smallest absolute Gasteiger partial charge is 0.253 e. The zero-order valence-electron chi connectivity index (χ0n) is 15.3. The molecule has 0 aliphatic carbocycles. The lowest BCUT2D eigenvalue weighted by Crippen LogP contribution is -2.23. The molecular formula is C22H23N3O2. The first kappa shape index (κ1) is 18.5. The number of amides is 1. The Bertz CT molecular complexity index is 881. The van der Waals surface area contributed by atoms with Crippen molar-refractivity contribution in [3.05, 3.63) is 89.7 Å². The molecule has 3 rings (SSSR count). The maximum Gasteiger partial charge on any atom is 0.253 e. The van der Waals surface area contributed by atoms with Crippen LogP contribution < -0.4 is 15.4 Å². The Morgan fingerprint density at radius 3 is 2.63 bits per heavy atom. The molecule has 0 radical (unpaired) electrons. The standard InChI is InChI=1S/C22H23N3O2/c1-27-21-10-6-5-9-18(21)15-25-22(26)19-13-20(16-23-14-19)24-12-11-17-7-3-2-4-8-17/h2-10,13-14,16,24H,11-12,15H2,1H3,(H,25,26). The number of carbonyl (C=O) groups excluding carboxylic acids is 1. The van der Waals surface area contributed by atoms with Gasteiger partial charge in [-0.1, -0.05) is 48.5 Å². The molecule has 0 aliphatic rings. The number of hydrogen-bond acceptors (Lipinski definition) is 4. The summed E-state index contributed by atoms with van der Waals surface area (Å²) < 4.78 is 5.31. The predicted molar refractivity (Wildman–Crippen MR) is 107 cm³/mol. The number of nitrogens with zero attached hydrogens (tertiary/aromatic N) is 1. The van der Waals surface area contributed by atoms with Gasteiger partial charge in [-0.05, 0) is 24.1 Å². The lowest BCUT2D eigenvalue weighted by Gasteiger charge is -2.10. The summed E-state index contributed by atoms with van der Waals surface area (Å²) in [5, 5.41) is 6.23. The molecule has 1 aromatic heterocycles. The van der Waals surface area contributed by atoms with E-state index in [-0.39, 0.29) is 5.91 Å². The summed E-state index contributed by atoms with van der Waals surface area (Å²) in [6.07, 6.45) is 4.20. The molecule has 2 N–H and O–H groups in total. The first-order valence-electron chi connectivity index (χ1n) is 8.89. The average molecular weight is 361 g/mol. The van der Waals surface area contributed by atoms with Crippen molar-refractivity contribution < 1.29 is 9.53 Å². The molecule has 0 saturated carbocycles. The van der Waals surface area contributed by atoms with Gasteiger partial charge in [-0.25, -0.2) is 0 Å². The van der Waals surface area contributed by atoms with E-state index in [4.69, 9.17) is 4.74 Å². The summed E-state index contributed by atoms with van der Waals surface area (Å²) in [7, 11) is 1.62. The van der Waals surface area contributed by atoms with E-state index in [0.29, 0.717) is 12.1 Å². The molecule has 5 heteroatoms. The van der Waals surface area contributed by atoms with Gasteiger partial charge in [-0.15, -0.1) is 0 Å². The summed E-state index contributed by atoms with van der Waals surface area (Å²) >= 11 is 0. The van der Waals surface area contributed by atoms with E-state index < -0.39 is 0 Å². The van der Waals surface area contributed by atoms with E-state index in [0.717, 1.165) is 30.0 Å². The van der Waals surface area contributed by atoms with Gasteiger partial charge in [0.25, 0.3) is 5.91 Å². The molecule has 0 saturated heterocycles. The van der Waals surface area contributed by atoms with E-state index in [1.165, 1.54) is 5.56 Å². The Labute approximate surface area is 159 Å². The monoisotopic (exact) mass is 361 g/mol. The van der Waals surface area contributed by atoms with Crippen molar-refractivity contribution in [2.75, 3.05) is 19.0 Å². The van der Waals surface area contributed by atoms with Crippen LogP contribution in [-0.2, 0) is 13.0 Å². The summed E-state index contributed by atoms with van der Waals surface area (Å²) in [6, 6.07) is 19.7. The molecule has 3 aromatic rings. The second kappa shape index (κ2) is 9.38. The molecule has 27 heavy (non-hydrogen) atoms. The largest absolute Gasteiger partial charge is 0.496 e. The highest BCUT2D eigenvalue weighted by atomic mass is 16.5. The maximum absolute atomic E-state index is 12.4. The fraction of sp³-hybridized carbons (Fsp3) is 0.182. The second-order valence-electron chi connectivity index (χ2n) is 6.12. The second-order valence-corrected chi connectivity index (χ2v) is 6.12. The number of methoxy groups -OCH3 is 1. The number of aromatic nitrogens is 1. The van der Waals surface area contributed by atoms with Crippen LogP contribution in [0, 0.1) is 0 Å². The zero-order valence-corrected chi connectivity index (χ0v) is 15.3. The molecule has 2 aromatic carbocycles. The Morgan fingerprint density at radius 2 is 1.81 bits per heavy atom. The van der Waals surface area contributed by atoms with Crippen molar-refractivity contribution in [3.8, 4) is 5.75 Å². The molecule has 1 heterocycles. The van der Waals surface area contributed by atoms with E-state index in [9.17, 15) is 4.79 Å². The highest BCUT2D eigenvalue weighted by Crippen LogP contribution is 2.17. The fourth-order valence-electron chi connectivity index (χ4n) is 2.78. The molecule has 138 valence electrons. The lowest BCUT2D eigenvalue weighted by molar-refractivity contribution is 0.0950. The summed E-state index contributed by atoms with van der Waals surface area (Å²) in [5.41, 5.74) is 3.55. The first-order valence-corrected chi connectivity index (χ1v) is 8.89. The van der Waals surface area contributed by atoms with Crippen molar-refractivity contribution in [2.45, 2.75) is 13.0 Å². The number of benzene rings is 2. The van der Waals surface area contributed by atoms with Gasteiger partial charge in [0.05, 0.1) is 18.4 Å². The van der Waals surface area contributed by atoms with E-state index in [1.54, 1.807) is 19.5 Å². The van der Waals surface area contributed by atoms with Crippen LogP contribution in [0.5, 0.6) is 5.75 Å². The van der Waals surface area contributed by atoms with Crippen molar-refractivity contribution in [2.24, 2.45) is 0 Å². The van der Waals surface area contributed by atoms with Gasteiger partial charge < -0.3 is 15.4 Å². The van der Waals surface area contributed by atoms with Gasteiger partial charge >= 0.3 is 0 Å². The molecule has 0 unspecified atom stereocenters. The number of anilines is 1. The minimum absolute atomic E-state index is 0.167. The first-order chi connectivity index (χ1) is 13.3. The number of ether oxygens (including phenoxy) is 1. The van der Waals surface area contributed by atoms with Gasteiger partial charge in [0, 0.05) is 31.0 Å². The minimum atomic E-state index is -0.167.